The van der Waals surface area contributed by atoms with Crippen LogP contribution < -0.4 is 0 Å². The molecule has 2 atom stereocenters. The normalized spacial score (nSPS) is 24.9. The van der Waals surface area contributed by atoms with E-state index < -0.39 is 17.3 Å². The molecular weight excluding hydrogens is 387 g/mol. The van der Waals surface area contributed by atoms with Gasteiger partial charge in [-0.1, -0.05) is 18.2 Å². The summed E-state index contributed by atoms with van der Waals surface area (Å²) >= 11 is 0. The molecule has 6 nitrogen and oxygen atoms in total. The Balaban J connectivity index is 1.71. The van der Waals surface area contributed by atoms with Gasteiger partial charge < -0.3 is 19.3 Å². The molecule has 0 N–H and O–H groups in total. The van der Waals surface area contributed by atoms with E-state index in [0.717, 1.165) is 18.4 Å². The average molecular weight is 419 g/mol. The first kappa shape index (κ1) is 22.1. The van der Waals surface area contributed by atoms with Crippen LogP contribution in [0.5, 0.6) is 0 Å². The number of cyclic esters (lactones) is 1. The predicted molar refractivity (Wildman–Crippen MR) is 112 cm³/mol. The van der Waals surface area contributed by atoms with Crippen LogP contribution in [0.1, 0.15) is 52.0 Å². The van der Waals surface area contributed by atoms with E-state index in [1.165, 1.54) is 12.1 Å². The van der Waals surface area contributed by atoms with Gasteiger partial charge in [0.2, 0.25) is 0 Å². The molecule has 0 bridgehead atoms. The van der Waals surface area contributed by atoms with E-state index in [1.807, 2.05) is 20.8 Å². The highest BCUT2D eigenvalue weighted by atomic mass is 19.1. The smallest absolute Gasteiger partial charge is 0.410 e. The van der Waals surface area contributed by atoms with Crippen molar-refractivity contribution in [3.8, 4) is 0 Å². The minimum atomic E-state index is -0.845. The first-order chi connectivity index (χ1) is 14.1. The highest BCUT2D eigenvalue weighted by Gasteiger charge is 2.44. The maximum Gasteiger partial charge on any atom is 0.410 e. The minimum Gasteiger partial charge on any atom is -0.444 e. The third-order valence-corrected chi connectivity index (χ3v) is 5.61. The summed E-state index contributed by atoms with van der Waals surface area (Å²) in [7, 11) is 0. The van der Waals surface area contributed by atoms with Crippen molar-refractivity contribution < 1.29 is 23.5 Å². The minimum absolute atomic E-state index is 0.117. The molecule has 2 aliphatic rings. The highest BCUT2D eigenvalue weighted by Crippen LogP contribution is 2.39. The van der Waals surface area contributed by atoms with Gasteiger partial charge in [0.15, 0.2) is 0 Å². The SMILES string of the molecule is C=CCC1(c2ccc(F)cc2)CCN([C@H]2CCCN(C(=O)OC(C)(C)C)C2)C(=O)O1. The topological polar surface area (TPSA) is 59.1 Å². The summed E-state index contributed by atoms with van der Waals surface area (Å²) in [5.41, 5.74) is -0.647. The Morgan fingerprint density at radius 1 is 1.33 bits per heavy atom. The predicted octanol–water partition coefficient (Wildman–Crippen LogP) is 4.84. The van der Waals surface area contributed by atoms with Gasteiger partial charge in [0, 0.05) is 32.5 Å². The first-order valence-electron chi connectivity index (χ1n) is 10.5. The lowest BCUT2D eigenvalue weighted by Gasteiger charge is -2.46. The molecule has 0 radical (unpaired) electrons. The van der Waals surface area contributed by atoms with E-state index in [9.17, 15) is 14.0 Å². The number of hydrogen-bond donors (Lipinski definition) is 0. The summed E-state index contributed by atoms with van der Waals surface area (Å²) in [6, 6.07) is 5.95. The number of likely N-dealkylation sites (tertiary alicyclic amines) is 1. The standard InChI is InChI=1S/C23H31FN2O4/c1-5-12-23(17-8-10-18(24)11-9-17)13-15-26(21(28)30-23)19-7-6-14-25(16-19)20(27)29-22(2,3)4/h5,8-11,19H,1,6-7,12-16H2,2-4H3/t19-,23?/m0/s1. The van der Waals surface area contributed by atoms with E-state index in [2.05, 4.69) is 6.58 Å². The zero-order valence-corrected chi connectivity index (χ0v) is 18.0. The second-order valence-electron chi connectivity index (χ2n) is 9.03. The van der Waals surface area contributed by atoms with Crippen LogP contribution in [-0.4, -0.2) is 53.3 Å². The molecule has 2 fully saturated rings. The Labute approximate surface area is 177 Å². The van der Waals surface area contributed by atoms with Gasteiger partial charge in [-0.3, -0.25) is 0 Å². The number of benzene rings is 1. The lowest BCUT2D eigenvalue weighted by molar-refractivity contribution is -0.0667. The molecule has 0 aromatic heterocycles. The average Bonchev–Trinajstić information content (AvgIpc) is 2.67. The Hall–Kier alpha value is -2.57. The molecular formula is C23H31FN2O4. The van der Waals surface area contributed by atoms with Crippen LogP contribution in [0.3, 0.4) is 0 Å². The second kappa shape index (κ2) is 8.66. The quantitative estimate of drug-likeness (QED) is 0.657. The molecule has 0 aliphatic carbocycles. The third-order valence-electron chi connectivity index (χ3n) is 5.61. The summed E-state index contributed by atoms with van der Waals surface area (Å²) in [4.78, 5) is 28.8. The van der Waals surface area contributed by atoms with Crippen LogP contribution in [0.25, 0.3) is 0 Å². The molecule has 30 heavy (non-hydrogen) atoms. The van der Waals surface area contributed by atoms with Gasteiger partial charge in [0.1, 0.15) is 17.0 Å². The lowest BCUT2D eigenvalue weighted by atomic mass is 9.85. The molecule has 2 heterocycles. The fraction of sp³-hybridized carbons (Fsp3) is 0.565. The number of halogens is 1. The van der Waals surface area contributed by atoms with Crippen LogP contribution >= 0.6 is 0 Å². The second-order valence-corrected chi connectivity index (χ2v) is 9.03. The van der Waals surface area contributed by atoms with E-state index in [1.54, 1.807) is 28.0 Å². The van der Waals surface area contributed by atoms with Gasteiger partial charge in [-0.2, -0.15) is 0 Å². The summed E-state index contributed by atoms with van der Waals surface area (Å²) in [6.45, 7) is 10.8. The van der Waals surface area contributed by atoms with Crippen molar-refractivity contribution in [1.29, 1.82) is 0 Å². The van der Waals surface area contributed by atoms with Crippen molar-refractivity contribution in [2.24, 2.45) is 0 Å². The molecule has 2 saturated heterocycles. The zero-order chi connectivity index (χ0) is 21.9. The highest BCUT2D eigenvalue weighted by molar-refractivity contribution is 5.71. The lowest BCUT2D eigenvalue weighted by Crippen LogP contribution is -2.57. The summed E-state index contributed by atoms with van der Waals surface area (Å²) in [5.74, 6) is -0.333. The molecule has 2 amide bonds. The fourth-order valence-electron chi connectivity index (χ4n) is 4.15. The number of hydrogen-bond acceptors (Lipinski definition) is 4. The molecule has 1 aromatic rings. The van der Waals surface area contributed by atoms with E-state index >= 15 is 0 Å². The van der Waals surface area contributed by atoms with Crippen molar-refractivity contribution >= 4 is 12.2 Å². The van der Waals surface area contributed by atoms with Crippen molar-refractivity contribution in [1.82, 2.24) is 9.80 Å². The van der Waals surface area contributed by atoms with Gasteiger partial charge in [0.25, 0.3) is 0 Å². The fourth-order valence-corrected chi connectivity index (χ4v) is 4.15. The van der Waals surface area contributed by atoms with Gasteiger partial charge in [-0.25, -0.2) is 14.0 Å². The number of nitrogens with zero attached hydrogens (tertiary/aromatic N) is 2. The van der Waals surface area contributed by atoms with Crippen molar-refractivity contribution in [2.45, 2.75) is 63.7 Å². The zero-order valence-electron chi connectivity index (χ0n) is 18.0. The molecule has 0 saturated carbocycles. The summed E-state index contributed by atoms with van der Waals surface area (Å²) in [5, 5.41) is 0. The van der Waals surface area contributed by atoms with E-state index in [4.69, 9.17) is 9.47 Å². The van der Waals surface area contributed by atoms with Gasteiger partial charge in [-0.15, -0.1) is 6.58 Å². The summed E-state index contributed by atoms with van der Waals surface area (Å²) < 4.78 is 24.8. The largest absolute Gasteiger partial charge is 0.444 e. The van der Waals surface area contributed by atoms with Crippen LogP contribution in [0.2, 0.25) is 0 Å². The molecule has 1 aromatic carbocycles. The van der Waals surface area contributed by atoms with Crippen LogP contribution in [0, 0.1) is 5.82 Å². The van der Waals surface area contributed by atoms with Crippen LogP contribution in [0.15, 0.2) is 36.9 Å². The number of ether oxygens (including phenoxy) is 2. The number of carbonyl (C=O) groups is 2. The monoisotopic (exact) mass is 418 g/mol. The van der Waals surface area contributed by atoms with E-state index in [0.29, 0.717) is 32.5 Å². The molecule has 1 unspecified atom stereocenters. The van der Waals surface area contributed by atoms with Crippen LogP contribution in [0.4, 0.5) is 14.0 Å². The maximum atomic E-state index is 13.4. The number of piperidine rings is 1. The molecule has 164 valence electrons. The molecule has 3 rings (SSSR count). The molecule has 7 heteroatoms. The van der Waals surface area contributed by atoms with E-state index in [-0.39, 0.29) is 18.0 Å². The Morgan fingerprint density at radius 2 is 2.03 bits per heavy atom. The number of carbonyl (C=O) groups excluding carboxylic acids is 2. The van der Waals surface area contributed by atoms with Crippen LogP contribution in [-0.2, 0) is 15.1 Å². The van der Waals surface area contributed by atoms with Gasteiger partial charge >= 0.3 is 12.2 Å². The van der Waals surface area contributed by atoms with Gasteiger partial charge in [0.05, 0.1) is 6.04 Å². The first-order valence-corrected chi connectivity index (χ1v) is 10.5. The number of rotatable bonds is 4. The third kappa shape index (κ3) is 4.94. The van der Waals surface area contributed by atoms with Crippen molar-refractivity contribution in [3.05, 3.63) is 48.3 Å². The van der Waals surface area contributed by atoms with Crippen molar-refractivity contribution in [2.75, 3.05) is 19.6 Å². The maximum absolute atomic E-state index is 13.4. The van der Waals surface area contributed by atoms with Gasteiger partial charge in [-0.05, 0) is 51.3 Å². The molecule has 2 aliphatic heterocycles. The Bertz CT molecular complexity index is 789. The Kier molecular flexibility index (Phi) is 6.38. The van der Waals surface area contributed by atoms with Crippen molar-refractivity contribution in [3.63, 3.8) is 0 Å². The number of amides is 2. The Morgan fingerprint density at radius 3 is 2.63 bits per heavy atom. The molecule has 0 spiro atoms. The summed E-state index contributed by atoms with van der Waals surface area (Å²) in [6.07, 6.45) is 3.57.